The number of hydrogen-bond acceptors (Lipinski definition) is 2. The maximum Gasteiger partial charge on any atom is 0.224 e. The molecule has 1 rings (SSSR count). The highest BCUT2D eigenvalue weighted by Gasteiger charge is 2.06. The van der Waals surface area contributed by atoms with Crippen molar-refractivity contribution in [3.05, 3.63) is 26.8 Å². The minimum Gasteiger partial charge on any atom is -0.325 e. The summed E-state index contributed by atoms with van der Waals surface area (Å²) in [7, 11) is 0. The molecule has 0 aliphatic rings. The molecule has 0 saturated carbocycles. The summed E-state index contributed by atoms with van der Waals surface area (Å²) in [6, 6.07) is 6.04. The van der Waals surface area contributed by atoms with E-state index < -0.39 is 0 Å². The molecule has 3 nitrogen and oxygen atoms in total. The number of hydrogen-bond donors (Lipinski definition) is 2. The van der Waals surface area contributed by atoms with Crippen molar-refractivity contribution in [3.63, 3.8) is 0 Å². The van der Waals surface area contributed by atoms with Crippen LogP contribution in [0.4, 0.5) is 5.69 Å². The van der Waals surface area contributed by atoms with Gasteiger partial charge in [0.1, 0.15) is 0 Å². The molecule has 5 heteroatoms. The summed E-state index contributed by atoms with van der Waals surface area (Å²) in [6.45, 7) is 5.03. The molecule has 1 aromatic rings. The van der Waals surface area contributed by atoms with Gasteiger partial charge in [0.15, 0.2) is 0 Å². The lowest BCUT2D eigenvalue weighted by atomic mass is 10.2. The van der Waals surface area contributed by atoms with Crippen molar-refractivity contribution < 1.29 is 4.79 Å². The molecule has 0 heterocycles. The van der Waals surface area contributed by atoms with Gasteiger partial charge in [0, 0.05) is 16.0 Å². The van der Waals surface area contributed by atoms with Crippen LogP contribution in [0.2, 0.25) is 5.02 Å². The smallest absolute Gasteiger partial charge is 0.224 e. The highest BCUT2D eigenvalue weighted by molar-refractivity contribution is 14.1. The van der Waals surface area contributed by atoms with Crippen LogP contribution in [0.15, 0.2) is 18.2 Å². The summed E-state index contributed by atoms with van der Waals surface area (Å²) < 4.78 is 1.05. The molecule has 0 saturated heterocycles. The first-order valence-electron chi connectivity index (χ1n) is 5.97. The summed E-state index contributed by atoms with van der Waals surface area (Å²) >= 11 is 8.23. The largest absolute Gasteiger partial charge is 0.325 e. The van der Waals surface area contributed by atoms with E-state index in [1.165, 1.54) is 0 Å². The van der Waals surface area contributed by atoms with Crippen molar-refractivity contribution >= 4 is 45.8 Å². The van der Waals surface area contributed by atoms with Gasteiger partial charge in [0.25, 0.3) is 0 Å². The first-order chi connectivity index (χ1) is 8.49. The average Bonchev–Trinajstić information content (AvgIpc) is 2.28. The van der Waals surface area contributed by atoms with Crippen LogP contribution in [0.1, 0.15) is 26.7 Å². The highest BCUT2D eigenvalue weighted by atomic mass is 127. The van der Waals surface area contributed by atoms with Crippen LogP contribution in [0, 0.1) is 3.57 Å². The summed E-state index contributed by atoms with van der Waals surface area (Å²) in [6.07, 6.45) is 1.33. The van der Waals surface area contributed by atoms with E-state index in [2.05, 4.69) is 47.1 Å². The minimum atomic E-state index is 0.00339. The Morgan fingerprint density at radius 2 is 2.17 bits per heavy atom. The van der Waals surface area contributed by atoms with Crippen molar-refractivity contribution in [3.8, 4) is 0 Å². The second-order valence-corrected chi connectivity index (χ2v) is 6.04. The third-order valence-corrected chi connectivity index (χ3v) is 3.32. The molecule has 100 valence electrons. The molecular weight excluding hydrogens is 363 g/mol. The molecule has 0 radical (unpaired) electrons. The molecule has 0 bridgehead atoms. The normalized spacial score (nSPS) is 10.7. The van der Waals surface area contributed by atoms with Crippen molar-refractivity contribution in [2.45, 2.75) is 32.7 Å². The SMILES string of the molecule is CC(C)NCCCC(=O)Nc1ccc(I)cc1Cl. The Morgan fingerprint density at radius 1 is 1.44 bits per heavy atom. The number of halogens is 2. The lowest BCUT2D eigenvalue weighted by molar-refractivity contribution is -0.116. The van der Waals surface area contributed by atoms with Gasteiger partial charge in [-0.3, -0.25) is 4.79 Å². The fourth-order valence-electron chi connectivity index (χ4n) is 1.44. The maximum absolute atomic E-state index is 11.7. The third-order valence-electron chi connectivity index (χ3n) is 2.34. The molecule has 0 aliphatic carbocycles. The zero-order valence-corrected chi connectivity index (χ0v) is 13.5. The maximum atomic E-state index is 11.7. The predicted octanol–water partition coefficient (Wildman–Crippen LogP) is 3.66. The zero-order chi connectivity index (χ0) is 13.5. The van der Waals surface area contributed by atoms with E-state index in [1.54, 1.807) is 0 Å². The van der Waals surface area contributed by atoms with Gasteiger partial charge in [0.2, 0.25) is 5.91 Å². The Balaban J connectivity index is 2.35. The predicted molar refractivity (Wildman–Crippen MR) is 85.2 cm³/mol. The summed E-state index contributed by atoms with van der Waals surface area (Å²) in [4.78, 5) is 11.7. The van der Waals surface area contributed by atoms with Crippen LogP contribution in [-0.2, 0) is 4.79 Å². The van der Waals surface area contributed by atoms with Crippen molar-refractivity contribution in [1.82, 2.24) is 5.32 Å². The number of rotatable bonds is 6. The van der Waals surface area contributed by atoms with Gasteiger partial charge in [-0.2, -0.15) is 0 Å². The first-order valence-corrected chi connectivity index (χ1v) is 7.43. The van der Waals surface area contributed by atoms with E-state index in [4.69, 9.17) is 11.6 Å². The Labute approximate surface area is 127 Å². The van der Waals surface area contributed by atoms with E-state index in [0.717, 1.165) is 16.5 Å². The topological polar surface area (TPSA) is 41.1 Å². The Kier molecular flexibility index (Phi) is 6.96. The number of carbonyl (C=O) groups is 1. The number of nitrogens with one attached hydrogen (secondary N) is 2. The van der Waals surface area contributed by atoms with Crippen molar-refractivity contribution in [2.75, 3.05) is 11.9 Å². The molecular formula is C13H18ClIN2O. The van der Waals surface area contributed by atoms with Gasteiger partial charge in [-0.1, -0.05) is 25.4 Å². The van der Waals surface area contributed by atoms with E-state index in [-0.39, 0.29) is 5.91 Å². The van der Waals surface area contributed by atoms with Gasteiger partial charge in [0.05, 0.1) is 10.7 Å². The summed E-state index contributed by atoms with van der Waals surface area (Å²) in [5.74, 6) is 0.00339. The van der Waals surface area contributed by atoms with Crippen LogP contribution in [0.3, 0.4) is 0 Å². The first kappa shape index (κ1) is 15.7. The highest BCUT2D eigenvalue weighted by Crippen LogP contribution is 2.23. The standard InChI is InChI=1S/C13H18ClIN2O/c1-9(2)16-7-3-4-13(18)17-12-6-5-10(15)8-11(12)14/h5-6,8-9,16H,3-4,7H2,1-2H3,(H,17,18). The number of anilines is 1. The van der Waals surface area contributed by atoms with E-state index in [9.17, 15) is 4.79 Å². The van der Waals surface area contributed by atoms with Gasteiger partial charge in [-0.05, 0) is 53.8 Å². The second-order valence-electron chi connectivity index (χ2n) is 4.38. The summed E-state index contributed by atoms with van der Waals surface area (Å²) in [5, 5.41) is 6.68. The van der Waals surface area contributed by atoms with Gasteiger partial charge in [-0.15, -0.1) is 0 Å². The Hall–Kier alpha value is -0.330. The molecule has 0 spiro atoms. The average molecular weight is 381 g/mol. The summed E-state index contributed by atoms with van der Waals surface area (Å²) in [5.41, 5.74) is 0.680. The van der Waals surface area contributed by atoms with E-state index >= 15 is 0 Å². The van der Waals surface area contributed by atoms with Crippen LogP contribution < -0.4 is 10.6 Å². The fourth-order valence-corrected chi connectivity index (χ4v) is 2.35. The van der Waals surface area contributed by atoms with Gasteiger partial charge in [-0.25, -0.2) is 0 Å². The van der Waals surface area contributed by atoms with E-state index in [1.807, 2.05) is 18.2 Å². The van der Waals surface area contributed by atoms with Gasteiger partial charge >= 0.3 is 0 Å². The van der Waals surface area contributed by atoms with Crippen molar-refractivity contribution in [2.24, 2.45) is 0 Å². The lowest BCUT2D eigenvalue weighted by Gasteiger charge is -2.09. The number of amides is 1. The zero-order valence-electron chi connectivity index (χ0n) is 10.6. The molecule has 2 N–H and O–H groups in total. The molecule has 0 aliphatic heterocycles. The van der Waals surface area contributed by atoms with Crippen molar-refractivity contribution in [1.29, 1.82) is 0 Å². The van der Waals surface area contributed by atoms with Gasteiger partial charge < -0.3 is 10.6 Å². The van der Waals surface area contributed by atoms with Crippen LogP contribution in [0.25, 0.3) is 0 Å². The van der Waals surface area contributed by atoms with Crippen LogP contribution >= 0.6 is 34.2 Å². The Bertz CT molecular complexity index is 410. The molecule has 0 atom stereocenters. The quantitative estimate of drug-likeness (QED) is 0.584. The molecule has 0 fully saturated rings. The molecule has 0 unspecified atom stereocenters. The van der Waals surface area contributed by atoms with Crippen LogP contribution in [-0.4, -0.2) is 18.5 Å². The van der Waals surface area contributed by atoms with E-state index in [0.29, 0.717) is 23.2 Å². The second kappa shape index (κ2) is 7.96. The Morgan fingerprint density at radius 3 is 2.78 bits per heavy atom. The molecule has 18 heavy (non-hydrogen) atoms. The molecule has 1 aromatic carbocycles. The molecule has 1 amide bonds. The third kappa shape index (κ3) is 6.02. The monoisotopic (exact) mass is 380 g/mol. The fraction of sp³-hybridized carbons (Fsp3) is 0.462. The van der Waals surface area contributed by atoms with Crippen LogP contribution in [0.5, 0.6) is 0 Å². The molecule has 0 aromatic heterocycles. The lowest BCUT2D eigenvalue weighted by Crippen LogP contribution is -2.24. The number of carbonyl (C=O) groups excluding carboxylic acids is 1. The minimum absolute atomic E-state index is 0.00339. The number of benzene rings is 1.